The monoisotopic (exact) mass is 208 g/mol. The lowest BCUT2D eigenvalue weighted by molar-refractivity contribution is 0.605. The molecule has 0 fully saturated rings. The van der Waals surface area contributed by atoms with Crippen LogP contribution in [0, 0.1) is 5.41 Å². The molecule has 0 aromatic rings. The van der Waals surface area contributed by atoms with E-state index in [9.17, 15) is 0 Å². The van der Waals surface area contributed by atoms with Crippen molar-refractivity contribution in [1.82, 2.24) is 0 Å². The van der Waals surface area contributed by atoms with Gasteiger partial charge in [-0.25, -0.2) is 0 Å². The largest absolute Gasteiger partial charge is 0.115 e. The molecule has 0 saturated heterocycles. The van der Waals surface area contributed by atoms with Crippen molar-refractivity contribution in [2.75, 3.05) is 0 Å². The summed E-state index contributed by atoms with van der Waals surface area (Å²) >= 11 is 17.8. The van der Waals surface area contributed by atoms with Crippen molar-refractivity contribution < 1.29 is 0 Å². The topological polar surface area (TPSA) is 0 Å². The van der Waals surface area contributed by atoms with E-state index in [0.29, 0.717) is 5.03 Å². The van der Waals surface area contributed by atoms with E-state index in [2.05, 4.69) is 13.8 Å². The third-order valence-corrected chi connectivity index (χ3v) is 4.50. The lowest BCUT2D eigenvalue weighted by atomic mass is 9.83. The van der Waals surface area contributed by atoms with Gasteiger partial charge in [-0.05, 0) is 13.8 Å². The Hall–Kier alpha value is 0.350. The molecule has 0 aliphatic heterocycles. The van der Waals surface area contributed by atoms with Crippen LogP contribution in [0.2, 0.25) is 0 Å². The van der Waals surface area contributed by atoms with Crippen molar-refractivity contribution in [3.05, 3.63) is 21.2 Å². The van der Waals surface area contributed by atoms with Gasteiger partial charge in [-0.3, -0.25) is 0 Å². The maximum Gasteiger partial charge on any atom is 0.0884 e. The Morgan fingerprint density at radius 2 is 1.64 bits per heavy atom. The highest BCUT2D eigenvalue weighted by Gasteiger charge is 2.63. The molecule has 0 nitrogen and oxygen atoms in total. The molecule has 2 aliphatic carbocycles. The summed E-state index contributed by atoms with van der Waals surface area (Å²) in [6.45, 7) is 4.10. The van der Waals surface area contributed by atoms with E-state index in [1.54, 1.807) is 0 Å². The fourth-order valence-electron chi connectivity index (χ4n) is 1.82. The van der Waals surface area contributed by atoms with Crippen molar-refractivity contribution >= 4 is 34.8 Å². The van der Waals surface area contributed by atoms with E-state index in [0.717, 1.165) is 5.03 Å². The molecule has 0 saturated carbocycles. The van der Waals surface area contributed by atoms with Gasteiger partial charge in [-0.2, -0.15) is 0 Å². The summed E-state index contributed by atoms with van der Waals surface area (Å²) in [5, 5.41) is 1.25. The Morgan fingerprint density at radius 1 is 1.18 bits per heavy atom. The number of hydrogen-bond acceptors (Lipinski definition) is 0. The molecular formula is C8H7Cl3. The first-order chi connectivity index (χ1) is 5.04. The van der Waals surface area contributed by atoms with Crippen LogP contribution >= 0.6 is 34.8 Å². The van der Waals surface area contributed by atoms with Crippen molar-refractivity contribution in [2.24, 2.45) is 5.41 Å². The summed E-state index contributed by atoms with van der Waals surface area (Å²) in [7, 11) is 0. The first-order valence-corrected chi connectivity index (χ1v) is 4.62. The Balaban J connectivity index is 2.39. The normalized spacial score (nSPS) is 33.0. The highest BCUT2D eigenvalue weighted by atomic mass is 35.5. The van der Waals surface area contributed by atoms with E-state index in [1.165, 1.54) is 11.1 Å². The second-order valence-corrected chi connectivity index (χ2v) is 4.30. The van der Waals surface area contributed by atoms with E-state index in [1.807, 2.05) is 0 Å². The number of hydrogen-bond donors (Lipinski definition) is 0. The lowest BCUT2D eigenvalue weighted by Crippen LogP contribution is -2.32. The molecule has 0 amide bonds. The van der Waals surface area contributed by atoms with E-state index in [4.69, 9.17) is 34.8 Å². The molecule has 60 valence electrons. The molecule has 11 heavy (non-hydrogen) atoms. The molecule has 2 aliphatic rings. The van der Waals surface area contributed by atoms with Gasteiger partial charge in [0.05, 0.1) is 20.9 Å². The minimum atomic E-state index is -0.111. The van der Waals surface area contributed by atoms with E-state index in [-0.39, 0.29) is 10.8 Å². The van der Waals surface area contributed by atoms with Crippen LogP contribution in [0.3, 0.4) is 0 Å². The molecule has 1 unspecified atom stereocenters. The van der Waals surface area contributed by atoms with Gasteiger partial charge >= 0.3 is 0 Å². The predicted molar refractivity (Wildman–Crippen MR) is 49.2 cm³/mol. The summed E-state index contributed by atoms with van der Waals surface area (Å²) in [6.07, 6.45) is 0. The predicted octanol–water partition coefficient (Wildman–Crippen LogP) is 3.63. The summed E-state index contributed by atoms with van der Waals surface area (Å²) in [5.41, 5.74) is 2.46. The van der Waals surface area contributed by atoms with Crippen LogP contribution in [-0.4, -0.2) is 5.38 Å². The van der Waals surface area contributed by atoms with Crippen LogP contribution in [0.15, 0.2) is 21.2 Å². The molecule has 0 radical (unpaired) electrons. The zero-order valence-electron chi connectivity index (χ0n) is 6.21. The average Bonchev–Trinajstić information content (AvgIpc) is 2.55. The van der Waals surface area contributed by atoms with E-state index < -0.39 is 0 Å². The maximum atomic E-state index is 6.02. The van der Waals surface area contributed by atoms with Crippen molar-refractivity contribution in [3.8, 4) is 0 Å². The standard InChI is InChI=1S/C8H7Cl3/c1-3-4(2)8(3)6(10)5(9)7(8)11/h6H,1-2H3. The molecule has 1 atom stereocenters. The van der Waals surface area contributed by atoms with Crippen molar-refractivity contribution in [2.45, 2.75) is 19.2 Å². The summed E-state index contributed by atoms with van der Waals surface area (Å²) in [5.74, 6) is 0. The fraction of sp³-hybridized carbons (Fsp3) is 0.500. The summed E-state index contributed by atoms with van der Waals surface area (Å²) in [6, 6.07) is 0. The quantitative estimate of drug-likeness (QED) is 0.422. The van der Waals surface area contributed by atoms with Gasteiger partial charge in [0.25, 0.3) is 0 Å². The number of halogens is 3. The second-order valence-electron chi connectivity index (χ2n) is 3.08. The summed E-state index contributed by atoms with van der Waals surface area (Å²) < 4.78 is 0. The van der Waals surface area contributed by atoms with Crippen LogP contribution in [-0.2, 0) is 0 Å². The fourth-order valence-corrected chi connectivity index (χ4v) is 3.29. The number of alkyl halides is 1. The highest BCUT2D eigenvalue weighted by Crippen LogP contribution is 2.71. The Labute approximate surface area is 80.8 Å². The smallest absolute Gasteiger partial charge is 0.0884 e. The van der Waals surface area contributed by atoms with Gasteiger partial charge < -0.3 is 0 Å². The van der Waals surface area contributed by atoms with Crippen LogP contribution in [0.5, 0.6) is 0 Å². The van der Waals surface area contributed by atoms with Gasteiger partial charge in [0.2, 0.25) is 0 Å². The van der Waals surface area contributed by atoms with Crippen molar-refractivity contribution in [3.63, 3.8) is 0 Å². The summed E-state index contributed by atoms with van der Waals surface area (Å²) in [4.78, 5) is 0. The van der Waals surface area contributed by atoms with E-state index >= 15 is 0 Å². The van der Waals surface area contributed by atoms with Crippen LogP contribution < -0.4 is 0 Å². The van der Waals surface area contributed by atoms with Crippen LogP contribution in [0.4, 0.5) is 0 Å². The number of rotatable bonds is 0. The minimum Gasteiger partial charge on any atom is -0.115 e. The lowest BCUT2D eigenvalue weighted by Gasteiger charge is -2.35. The third-order valence-electron chi connectivity index (χ3n) is 2.84. The van der Waals surface area contributed by atoms with Crippen LogP contribution in [0.1, 0.15) is 13.8 Å². The van der Waals surface area contributed by atoms with Gasteiger partial charge in [0, 0.05) is 0 Å². The molecule has 0 aromatic carbocycles. The molecule has 0 N–H and O–H groups in total. The molecular weight excluding hydrogens is 202 g/mol. The molecule has 0 heterocycles. The first-order valence-electron chi connectivity index (χ1n) is 3.42. The molecule has 2 rings (SSSR count). The van der Waals surface area contributed by atoms with Gasteiger partial charge in [0.1, 0.15) is 0 Å². The molecule has 1 spiro atoms. The van der Waals surface area contributed by atoms with Crippen LogP contribution in [0.25, 0.3) is 0 Å². The third kappa shape index (κ3) is 0.612. The maximum absolute atomic E-state index is 6.02. The zero-order valence-corrected chi connectivity index (χ0v) is 8.48. The Morgan fingerprint density at radius 3 is 1.82 bits per heavy atom. The first kappa shape index (κ1) is 7.97. The Bertz CT molecular complexity index is 286. The zero-order chi connectivity index (χ0) is 8.39. The Kier molecular flexibility index (Phi) is 1.44. The van der Waals surface area contributed by atoms with Gasteiger partial charge in [-0.1, -0.05) is 34.3 Å². The SMILES string of the molecule is CC1=C(C)C12C(Cl)=C(Cl)C2Cl. The minimum absolute atomic E-state index is 0.100. The highest BCUT2D eigenvalue weighted by molar-refractivity contribution is 6.48. The second kappa shape index (κ2) is 1.99. The van der Waals surface area contributed by atoms with Gasteiger partial charge in [-0.15, -0.1) is 11.6 Å². The number of allylic oxidation sites excluding steroid dienone is 4. The van der Waals surface area contributed by atoms with Gasteiger partial charge in [0.15, 0.2) is 0 Å². The molecule has 0 bridgehead atoms. The van der Waals surface area contributed by atoms with Crippen molar-refractivity contribution in [1.29, 1.82) is 0 Å². The average molecular weight is 210 g/mol. The molecule has 3 heteroatoms. The molecule has 0 aromatic heterocycles.